The topological polar surface area (TPSA) is 83.6 Å². The van der Waals surface area contributed by atoms with Crippen LogP contribution in [-0.4, -0.2) is 40.5 Å². The average molecular weight is 238 g/mol. The predicted octanol–water partition coefficient (Wildman–Crippen LogP) is 0.0487. The van der Waals surface area contributed by atoms with Gasteiger partial charge < -0.3 is 15.7 Å². The van der Waals surface area contributed by atoms with E-state index in [9.17, 15) is 9.59 Å². The fourth-order valence-corrected chi connectivity index (χ4v) is 2.07. The third kappa shape index (κ3) is 3.21. The maximum Gasteiger partial charge on any atom is 0.326 e. The van der Waals surface area contributed by atoms with Gasteiger partial charge in [0.2, 0.25) is 5.91 Å². The second kappa shape index (κ2) is 5.69. The van der Waals surface area contributed by atoms with E-state index in [2.05, 4.69) is 5.92 Å². The highest BCUT2D eigenvalue weighted by Crippen LogP contribution is 2.23. The molecule has 5 nitrogen and oxygen atoms in total. The van der Waals surface area contributed by atoms with Crippen LogP contribution in [0.25, 0.3) is 0 Å². The third-order valence-corrected chi connectivity index (χ3v) is 3.09. The lowest BCUT2D eigenvalue weighted by atomic mass is 9.92. The summed E-state index contributed by atoms with van der Waals surface area (Å²) in [5, 5.41) is 9.11. The Balaban J connectivity index is 2.77. The molecule has 94 valence electrons. The fourth-order valence-electron chi connectivity index (χ4n) is 2.07. The molecule has 0 spiro atoms. The minimum atomic E-state index is -0.974. The number of piperidine rings is 1. The first kappa shape index (κ1) is 13.5. The van der Waals surface area contributed by atoms with Crippen LogP contribution in [0, 0.1) is 18.3 Å². The van der Waals surface area contributed by atoms with Crippen molar-refractivity contribution in [2.75, 3.05) is 6.54 Å². The molecule has 0 bridgehead atoms. The van der Waals surface area contributed by atoms with Crippen LogP contribution >= 0.6 is 0 Å². The second-order valence-electron chi connectivity index (χ2n) is 4.53. The van der Waals surface area contributed by atoms with Crippen LogP contribution in [0.15, 0.2) is 0 Å². The molecule has 0 aromatic heterocycles. The third-order valence-electron chi connectivity index (χ3n) is 3.09. The Morgan fingerprint density at radius 1 is 1.65 bits per heavy atom. The van der Waals surface area contributed by atoms with Crippen LogP contribution in [0.5, 0.6) is 0 Å². The number of terminal acetylenes is 1. The molecule has 1 aliphatic rings. The van der Waals surface area contributed by atoms with Gasteiger partial charge >= 0.3 is 5.97 Å². The van der Waals surface area contributed by atoms with E-state index in [0.29, 0.717) is 18.9 Å². The first-order valence-electron chi connectivity index (χ1n) is 5.69. The smallest absolute Gasteiger partial charge is 0.326 e. The van der Waals surface area contributed by atoms with Gasteiger partial charge in [-0.25, -0.2) is 4.79 Å². The van der Waals surface area contributed by atoms with Gasteiger partial charge in [-0.2, -0.15) is 0 Å². The van der Waals surface area contributed by atoms with Gasteiger partial charge in [-0.1, -0.05) is 6.92 Å². The Morgan fingerprint density at radius 2 is 2.29 bits per heavy atom. The highest BCUT2D eigenvalue weighted by molar-refractivity contribution is 5.87. The van der Waals surface area contributed by atoms with Gasteiger partial charge in [0.05, 0.1) is 6.04 Å². The van der Waals surface area contributed by atoms with Crippen molar-refractivity contribution in [3.63, 3.8) is 0 Å². The molecule has 0 saturated carbocycles. The summed E-state index contributed by atoms with van der Waals surface area (Å²) in [5.74, 6) is 1.30. The summed E-state index contributed by atoms with van der Waals surface area (Å²) in [6, 6.07) is -1.56. The number of likely N-dealkylation sites (tertiary alicyclic amines) is 1. The molecule has 17 heavy (non-hydrogen) atoms. The van der Waals surface area contributed by atoms with Gasteiger partial charge in [0.25, 0.3) is 0 Å². The number of aliphatic carboxylic acids is 1. The molecular formula is C12H18N2O3. The molecular weight excluding hydrogens is 220 g/mol. The molecule has 1 heterocycles. The molecule has 3 atom stereocenters. The van der Waals surface area contributed by atoms with Crippen LogP contribution in [0.2, 0.25) is 0 Å². The second-order valence-corrected chi connectivity index (χ2v) is 4.53. The van der Waals surface area contributed by atoms with Gasteiger partial charge in [0, 0.05) is 13.0 Å². The molecule has 0 aromatic rings. The summed E-state index contributed by atoms with van der Waals surface area (Å²) in [5.41, 5.74) is 5.63. The molecule has 3 N–H and O–H groups in total. The van der Waals surface area contributed by atoms with Gasteiger partial charge in [-0.3, -0.25) is 4.79 Å². The molecule has 3 unspecified atom stereocenters. The Hall–Kier alpha value is -1.54. The maximum atomic E-state index is 12.0. The van der Waals surface area contributed by atoms with Crippen LogP contribution < -0.4 is 5.73 Å². The van der Waals surface area contributed by atoms with Gasteiger partial charge in [0.1, 0.15) is 6.04 Å². The van der Waals surface area contributed by atoms with Crippen molar-refractivity contribution < 1.29 is 14.7 Å². The largest absolute Gasteiger partial charge is 0.480 e. The SMILES string of the molecule is C#CCC(N)C(=O)N1CCC(C)CC1C(=O)O. The Labute approximate surface area is 101 Å². The summed E-state index contributed by atoms with van der Waals surface area (Å²) in [7, 11) is 0. The van der Waals surface area contributed by atoms with Crippen LogP contribution in [0.1, 0.15) is 26.2 Å². The Bertz CT molecular complexity index is 348. The van der Waals surface area contributed by atoms with E-state index in [1.54, 1.807) is 0 Å². The minimum Gasteiger partial charge on any atom is -0.480 e. The molecule has 1 rings (SSSR count). The van der Waals surface area contributed by atoms with E-state index in [0.717, 1.165) is 6.42 Å². The Kier molecular flexibility index (Phi) is 4.53. The van der Waals surface area contributed by atoms with Gasteiger partial charge in [-0.05, 0) is 18.8 Å². The number of nitrogens with zero attached hydrogens (tertiary/aromatic N) is 1. The number of nitrogens with two attached hydrogens (primary N) is 1. The van der Waals surface area contributed by atoms with Crippen molar-refractivity contribution in [2.45, 2.75) is 38.3 Å². The number of carboxylic acids is 1. The summed E-state index contributed by atoms with van der Waals surface area (Å²) in [4.78, 5) is 24.4. The average Bonchev–Trinajstić information content (AvgIpc) is 2.28. The lowest BCUT2D eigenvalue weighted by Crippen LogP contribution is -2.54. The first-order chi connectivity index (χ1) is 7.97. The number of amides is 1. The fraction of sp³-hybridized carbons (Fsp3) is 0.667. The lowest BCUT2D eigenvalue weighted by molar-refractivity contribution is -0.153. The number of hydrogen-bond acceptors (Lipinski definition) is 3. The number of rotatable bonds is 3. The molecule has 1 fully saturated rings. The zero-order valence-electron chi connectivity index (χ0n) is 9.93. The van der Waals surface area contributed by atoms with E-state index < -0.39 is 18.1 Å². The van der Waals surface area contributed by atoms with Crippen LogP contribution in [0.3, 0.4) is 0 Å². The quantitative estimate of drug-likeness (QED) is 0.680. The van der Waals surface area contributed by atoms with Crippen molar-refractivity contribution in [3.8, 4) is 12.3 Å². The summed E-state index contributed by atoms with van der Waals surface area (Å²) in [6.45, 7) is 2.42. The summed E-state index contributed by atoms with van der Waals surface area (Å²) >= 11 is 0. The van der Waals surface area contributed by atoms with Gasteiger partial charge in [0.15, 0.2) is 0 Å². The molecule has 1 aliphatic heterocycles. The first-order valence-corrected chi connectivity index (χ1v) is 5.69. The van der Waals surface area contributed by atoms with E-state index >= 15 is 0 Å². The maximum absolute atomic E-state index is 12.0. The summed E-state index contributed by atoms with van der Waals surface area (Å²) < 4.78 is 0. The molecule has 1 saturated heterocycles. The lowest BCUT2D eigenvalue weighted by Gasteiger charge is -2.37. The minimum absolute atomic E-state index is 0.136. The van der Waals surface area contributed by atoms with Gasteiger partial charge in [-0.15, -0.1) is 12.3 Å². The predicted molar refractivity (Wildman–Crippen MR) is 63.0 cm³/mol. The van der Waals surface area contributed by atoms with Crippen molar-refractivity contribution in [2.24, 2.45) is 11.7 Å². The van der Waals surface area contributed by atoms with Crippen molar-refractivity contribution in [1.29, 1.82) is 0 Å². The molecule has 1 amide bonds. The number of carbonyl (C=O) groups is 2. The Morgan fingerprint density at radius 3 is 2.82 bits per heavy atom. The van der Waals surface area contributed by atoms with Crippen molar-refractivity contribution in [3.05, 3.63) is 0 Å². The van der Waals surface area contributed by atoms with E-state index in [4.69, 9.17) is 17.3 Å². The normalized spacial score (nSPS) is 26.1. The molecule has 0 aliphatic carbocycles. The number of carboxylic acid groups (broad SMARTS) is 1. The highest BCUT2D eigenvalue weighted by Gasteiger charge is 2.36. The number of carbonyl (C=O) groups excluding carboxylic acids is 1. The molecule has 0 radical (unpaired) electrons. The standard InChI is InChI=1S/C12H18N2O3/c1-3-4-9(13)11(15)14-6-5-8(2)7-10(14)12(16)17/h1,8-10H,4-7,13H2,2H3,(H,16,17). The molecule has 5 heteroatoms. The zero-order chi connectivity index (χ0) is 13.0. The van der Waals surface area contributed by atoms with Crippen molar-refractivity contribution >= 4 is 11.9 Å². The van der Waals surface area contributed by atoms with Crippen LogP contribution in [0.4, 0.5) is 0 Å². The zero-order valence-corrected chi connectivity index (χ0v) is 9.93. The summed E-state index contributed by atoms with van der Waals surface area (Å²) in [6.07, 6.45) is 6.51. The monoisotopic (exact) mass is 238 g/mol. The van der Waals surface area contributed by atoms with E-state index in [1.165, 1.54) is 4.90 Å². The number of hydrogen-bond donors (Lipinski definition) is 2. The van der Waals surface area contributed by atoms with Crippen molar-refractivity contribution in [1.82, 2.24) is 4.90 Å². The van der Waals surface area contributed by atoms with Crippen LogP contribution in [-0.2, 0) is 9.59 Å². The van der Waals surface area contributed by atoms with E-state index in [1.807, 2.05) is 6.92 Å². The molecule has 0 aromatic carbocycles. The van der Waals surface area contributed by atoms with E-state index in [-0.39, 0.29) is 12.3 Å². The highest BCUT2D eigenvalue weighted by atomic mass is 16.4.